The normalized spacial score (nSPS) is 16.2. The monoisotopic (exact) mass is 405 g/mol. The lowest BCUT2D eigenvalue weighted by molar-refractivity contribution is -0.137. The number of carbonyl (C=O) groups excluding carboxylic acids is 1. The first-order valence-corrected chi connectivity index (χ1v) is 9.64. The number of benzene rings is 1. The first-order chi connectivity index (χ1) is 11.8. The molecule has 0 unspecified atom stereocenters. The van der Waals surface area contributed by atoms with Crippen molar-refractivity contribution < 1.29 is 14.7 Å². The Kier molecular flexibility index (Phi) is 5.05. The van der Waals surface area contributed by atoms with Crippen LogP contribution in [0.3, 0.4) is 0 Å². The first-order valence-electron chi connectivity index (χ1n) is 8.85. The molecule has 0 bridgehead atoms. The van der Waals surface area contributed by atoms with Crippen LogP contribution in [-0.4, -0.2) is 21.4 Å². The number of ketones is 1. The number of carbonyl (C=O) groups is 2. The van der Waals surface area contributed by atoms with Crippen molar-refractivity contribution in [2.24, 2.45) is 5.41 Å². The van der Waals surface area contributed by atoms with Gasteiger partial charge in [-0.2, -0.15) is 0 Å². The highest BCUT2D eigenvalue weighted by atomic mass is 79.9. The van der Waals surface area contributed by atoms with E-state index in [1.54, 1.807) is 0 Å². The summed E-state index contributed by atoms with van der Waals surface area (Å²) in [5.74, 6) is -0.502. The number of carboxylic acids is 1. The van der Waals surface area contributed by atoms with E-state index in [1.807, 2.05) is 18.2 Å². The van der Waals surface area contributed by atoms with Crippen molar-refractivity contribution in [2.75, 3.05) is 0 Å². The van der Waals surface area contributed by atoms with E-state index in [9.17, 15) is 9.59 Å². The van der Waals surface area contributed by atoms with Gasteiger partial charge in [0.25, 0.3) is 0 Å². The Balaban J connectivity index is 1.96. The Morgan fingerprint density at radius 2 is 2.00 bits per heavy atom. The molecule has 134 valence electrons. The lowest BCUT2D eigenvalue weighted by Crippen LogP contribution is -2.28. The second-order valence-corrected chi connectivity index (χ2v) is 8.61. The van der Waals surface area contributed by atoms with Crippen LogP contribution in [0.2, 0.25) is 0 Å². The average molecular weight is 406 g/mol. The third kappa shape index (κ3) is 3.66. The van der Waals surface area contributed by atoms with Crippen molar-refractivity contribution in [3.05, 3.63) is 33.9 Å². The number of para-hydroxylation sites is 1. The Labute approximate surface area is 156 Å². The number of halogens is 1. The molecule has 0 atom stereocenters. The molecular weight excluding hydrogens is 382 g/mol. The molecule has 1 aliphatic rings. The molecule has 25 heavy (non-hydrogen) atoms. The molecule has 0 saturated heterocycles. The molecule has 1 aromatic heterocycles. The molecule has 4 nitrogen and oxygen atoms in total. The van der Waals surface area contributed by atoms with Crippen molar-refractivity contribution in [1.29, 1.82) is 0 Å². The molecule has 0 aliphatic heterocycles. The second-order valence-electron chi connectivity index (χ2n) is 7.75. The van der Waals surface area contributed by atoms with Gasteiger partial charge in [0.2, 0.25) is 0 Å². The third-order valence-corrected chi connectivity index (χ3v) is 5.62. The Morgan fingerprint density at radius 3 is 2.72 bits per heavy atom. The summed E-state index contributed by atoms with van der Waals surface area (Å²) in [6.45, 7) is 5.12. The molecule has 3 rings (SSSR count). The van der Waals surface area contributed by atoms with Crippen LogP contribution in [0.1, 0.15) is 62.0 Å². The van der Waals surface area contributed by atoms with Crippen molar-refractivity contribution in [1.82, 2.24) is 4.57 Å². The van der Waals surface area contributed by atoms with Gasteiger partial charge in [-0.05, 0) is 46.7 Å². The van der Waals surface area contributed by atoms with Crippen molar-refractivity contribution >= 4 is 38.6 Å². The zero-order valence-electron chi connectivity index (χ0n) is 14.8. The predicted octanol–water partition coefficient (Wildman–Crippen LogP) is 5.20. The number of nitrogens with zero attached hydrogens (tertiary/aromatic N) is 1. The highest BCUT2D eigenvalue weighted by molar-refractivity contribution is 9.10. The Bertz CT molecular complexity index is 835. The van der Waals surface area contributed by atoms with Gasteiger partial charge in [-0.3, -0.25) is 9.59 Å². The lowest BCUT2D eigenvalue weighted by Gasteiger charge is -2.30. The topological polar surface area (TPSA) is 59.3 Å². The van der Waals surface area contributed by atoms with Gasteiger partial charge in [0.1, 0.15) is 0 Å². The smallest absolute Gasteiger partial charge is 0.303 e. The van der Waals surface area contributed by atoms with Crippen molar-refractivity contribution in [3.63, 3.8) is 0 Å². The molecule has 2 aromatic rings. The fourth-order valence-electron chi connectivity index (χ4n) is 3.92. The highest BCUT2D eigenvalue weighted by Gasteiger charge is 2.35. The van der Waals surface area contributed by atoms with Gasteiger partial charge in [0, 0.05) is 40.5 Å². The first kappa shape index (κ1) is 18.2. The Morgan fingerprint density at radius 1 is 1.24 bits per heavy atom. The number of fused-ring (bicyclic) bond motifs is 3. The van der Waals surface area contributed by atoms with E-state index in [4.69, 9.17) is 5.11 Å². The van der Waals surface area contributed by atoms with Crippen LogP contribution >= 0.6 is 15.9 Å². The van der Waals surface area contributed by atoms with Gasteiger partial charge in [0.15, 0.2) is 5.78 Å². The lowest BCUT2D eigenvalue weighted by atomic mass is 9.75. The van der Waals surface area contributed by atoms with Crippen molar-refractivity contribution in [2.45, 2.75) is 58.9 Å². The molecule has 1 heterocycles. The zero-order valence-corrected chi connectivity index (χ0v) is 16.4. The fraction of sp³-hybridized carbons (Fsp3) is 0.500. The number of aromatic nitrogens is 1. The number of Topliss-reactive ketones (excluding diaryl/α,β-unsaturated/α-hetero) is 1. The largest absolute Gasteiger partial charge is 0.481 e. The van der Waals surface area contributed by atoms with E-state index >= 15 is 0 Å². The SMILES string of the molecule is CC1(C)CC(=O)c2c(n(CCCCCC(=O)O)c3c(Br)cccc23)C1. The Hall–Kier alpha value is -1.62. The second kappa shape index (κ2) is 6.94. The average Bonchev–Trinajstić information content (AvgIpc) is 2.80. The highest BCUT2D eigenvalue weighted by Crippen LogP contribution is 2.41. The molecule has 0 spiro atoms. The number of aliphatic carboxylic acids is 1. The summed E-state index contributed by atoms with van der Waals surface area (Å²) in [4.78, 5) is 23.5. The number of unbranched alkanes of at least 4 members (excludes halogenated alkanes) is 2. The van der Waals surface area contributed by atoms with Crippen LogP contribution in [0.5, 0.6) is 0 Å². The maximum Gasteiger partial charge on any atom is 0.303 e. The number of aryl methyl sites for hydroxylation is 1. The maximum absolute atomic E-state index is 12.8. The predicted molar refractivity (Wildman–Crippen MR) is 102 cm³/mol. The van der Waals surface area contributed by atoms with Crippen LogP contribution < -0.4 is 0 Å². The van der Waals surface area contributed by atoms with Gasteiger partial charge < -0.3 is 9.67 Å². The summed E-state index contributed by atoms with van der Waals surface area (Å²) in [6, 6.07) is 6.04. The zero-order chi connectivity index (χ0) is 18.2. The van der Waals surface area contributed by atoms with E-state index in [0.717, 1.165) is 52.4 Å². The molecule has 1 aliphatic carbocycles. The van der Waals surface area contributed by atoms with Gasteiger partial charge >= 0.3 is 5.97 Å². The molecule has 1 aromatic carbocycles. The van der Waals surface area contributed by atoms with E-state index in [2.05, 4.69) is 34.3 Å². The summed E-state index contributed by atoms with van der Waals surface area (Å²) < 4.78 is 3.30. The molecule has 1 N–H and O–H groups in total. The van der Waals surface area contributed by atoms with Gasteiger partial charge in [-0.25, -0.2) is 0 Å². The fourth-order valence-corrected chi connectivity index (χ4v) is 4.50. The third-order valence-electron chi connectivity index (χ3n) is 4.98. The van der Waals surface area contributed by atoms with Crippen LogP contribution in [0.15, 0.2) is 22.7 Å². The molecule has 0 amide bonds. The quantitative estimate of drug-likeness (QED) is 0.671. The number of hydrogen-bond donors (Lipinski definition) is 1. The van der Waals surface area contributed by atoms with Gasteiger partial charge in [-0.1, -0.05) is 32.4 Å². The van der Waals surface area contributed by atoms with Crippen LogP contribution in [0, 0.1) is 5.41 Å². The molecule has 0 fully saturated rings. The van der Waals surface area contributed by atoms with Crippen LogP contribution in [-0.2, 0) is 17.8 Å². The summed E-state index contributed by atoms with van der Waals surface area (Å²) in [6.07, 6.45) is 4.19. The standard InChI is InChI=1S/C20H24BrNO3/c1-20(2)11-15-18(16(23)12-20)13-7-6-8-14(21)19(13)22(15)10-5-3-4-9-17(24)25/h6-8H,3-5,9-12H2,1-2H3,(H,24,25). The number of rotatable bonds is 6. The number of hydrogen-bond acceptors (Lipinski definition) is 2. The number of carboxylic acid groups (broad SMARTS) is 1. The summed E-state index contributed by atoms with van der Waals surface area (Å²) >= 11 is 3.65. The summed E-state index contributed by atoms with van der Waals surface area (Å²) in [5.41, 5.74) is 3.10. The summed E-state index contributed by atoms with van der Waals surface area (Å²) in [5, 5.41) is 9.81. The maximum atomic E-state index is 12.8. The minimum absolute atomic E-state index is 0.0218. The van der Waals surface area contributed by atoms with E-state index in [-0.39, 0.29) is 17.6 Å². The molecule has 0 saturated carbocycles. The minimum Gasteiger partial charge on any atom is -0.481 e. The van der Waals surface area contributed by atoms with E-state index in [1.165, 1.54) is 0 Å². The van der Waals surface area contributed by atoms with Crippen molar-refractivity contribution in [3.8, 4) is 0 Å². The minimum atomic E-state index is -0.737. The van der Waals surface area contributed by atoms with Crippen LogP contribution in [0.4, 0.5) is 0 Å². The van der Waals surface area contributed by atoms with Gasteiger partial charge in [-0.15, -0.1) is 0 Å². The van der Waals surface area contributed by atoms with Crippen LogP contribution in [0.25, 0.3) is 10.9 Å². The molecular formula is C20H24BrNO3. The molecule has 0 radical (unpaired) electrons. The van der Waals surface area contributed by atoms with E-state index < -0.39 is 5.97 Å². The van der Waals surface area contributed by atoms with E-state index in [0.29, 0.717) is 12.8 Å². The summed E-state index contributed by atoms with van der Waals surface area (Å²) in [7, 11) is 0. The molecule has 5 heteroatoms. The van der Waals surface area contributed by atoms with Gasteiger partial charge in [0.05, 0.1) is 5.52 Å².